The van der Waals surface area contributed by atoms with Gasteiger partial charge in [-0.15, -0.1) is 11.3 Å². The van der Waals surface area contributed by atoms with Gasteiger partial charge in [0, 0.05) is 25.7 Å². The number of benzene rings is 1. The number of morpholine rings is 1. The molecule has 0 amide bonds. The van der Waals surface area contributed by atoms with Crippen molar-refractivity contribution in [2.75, 3.05) is 32.8 Å². The number of halogens is 2. The van der Waals surface area contributed by atoms with Crippen molar-refractivity contribution in [2.24, 2.45) is 0 Å². The number of ether oxygens (including phenoxy) is 1. The molecule has 136 valence electrons. The van der Waals surface area contributed by atoms with E-state index in [1.54, 1.807) is 18.2 Å². The smallest absolute Gasteiger partial charge is 0.250 e. The largest absolute Gasteiger partial charge is 0.379 e. The minimum atomic E-state index is -3.64. The van der Waals surface area contributed by atoms with Crippen LogP contribution in [0.2, 0.25) is 4.34 Å². The molecule has 25 heavy (non-hydrogen) atoms. The number of hydrogen-bond donors (Lipinski definition) is 1. The van der Waals surface area contributed by atoms with Crippen LogP contribution in [0.3, 0.4) is 0 Å². The van der Waals surface area contributed by atoms with Gasteiger partial charge in [-0.3, -0.25) is 4.90 Å². The Morgan fingerprint density at radius 1 is 1.20 bits per heavy atom. The highest BCUT2D eigenvalue weighted by atomic mass is 35.5. The fourth-order valence-electron chi connectivity index (χ4n) is 2.73. The first kappa shape index (κ1) is 18.8. The van der Waals surface area contributed by atoms with E-state index in [1.807, 2.05) is 0 Å². The molecule has 0 saturated carbocycles. The molecule has 0 aliphatic carbocycles. The van der Waals surface area contributed by atoms with Crippen molar-refractivity contribution >= 4 is 33.0 Å². The summed E-state index contributed by atoms with van der Waals surface area (Å²) < 4.78 is 46.8. The molecule has 1 aromatic heterocycles. The van der Waals surface area contributed by atoms with Crippen LogP contribution in [0.15, 0.2) is 40.6 Å². The summed E-state index contributed by atoms with van der Waals surface area (Å²) in [4.78, 5) is 2.14. The topological polar surface area (TPSA) is 58.6 Å². The highest BCUT2D eigenvalue weighted by Crippen LogP contribution is 2.27. The summed E-state index contributed by atoms with van der Waals surface area (Å²) >= 11 is 6.84. The molecular weight excluding hydrogens is 387 g/mol. The molecule has 1 aliphatic rings. The quantitative estimate of drug-likeness (QED) is 0.804. The van der Waals surface area contributed by atoms with Crippen LogP contribution in [0, 0.1) is 5.82 Å². The maximum absolute atomic E-state index is 13.2. The van der Waals surface area contributed by atoms with Gasteiger partial charge >= 0.3 is 0 Å². The van der Waals surface area contributed by atoms with Gasteiger partial charge in [-0.2, -0.15) is 0 Å². The van der Waals surface area contributed by atoms with E-state index in [-0.39, 0.29) is 22.6 Å². The van der Waals surface area contributed by atoms with Crippen molar-refractivity contribution in [3.05, 3.63) is 52.1 Å². The first-order valence-corrected chi connectivity index (χ1v) is 10.5. The minimum Gasteiger partial charge on any atom is -0.379 e. The number of sulfonamides is 1. The predicted octanol–water partition coefficient (Wildman–Crippen LogP) is 2.89. The predicted molar refractivity (Wildman–Crippen MR) is 96.1 cm³/mol. The molecule has 2 heterocycles. The van der Waals surface area contributed by atoms with E-state index in [4.69, 9.17) is 16.3 Å². The Bertz CT molecular complexity index is 805. The molecule has 3 rings (SSSR count). The Morgan fingerprint density at radius 2 is 1.88 bits per heavy atom. The average Bonchev–Trinajstić information content (AvgIpc) is 3.05. The van der Waals surface area contributed by atoms with Crippen LogP contribution in [0.5, 0.6) is 0 Å². The van der Waals surface area contributed by atoms with E-state index >= 15 is 0 Å². The molecule has 0 bridgehead atoms. The van der Waals surface area contributed by atoms with Crippen molar-refractivity contribution in [3.8, 4) is 0 Å². The summed E-state index contributed by atoms with van der Waals surface area (Å²) in [5, 5.41) is 0. The molecule has 1 atom stereocenters. The van der Waals surface area contributed by atoms with E-state index in [0.717, 1.165) is 16.9 Å². The van der Waals surface area contributed by atoms with Crippen LogP contribution < -0.4 is 4.72 Å². The molecule has 1 saturated heterocycles. The standard InChI is InChI=1S/C16H18ClFN2O3S2/c17-15-5-6-16(24-15)25(21,22)19-11-14(20-7-9-23-10-8-20)12-1-3-13(18)4-2-12/h1-6,14,19H,7-11H2. The second kappa shape index (κ2) is 8.11. The van der Waals surface area contributed by atoms with Gasteiger partial charge in [-0.05, 0) is 29.8 Å². The van der Waals surface area contributed by atoms with Gasteiger partial charge in [-0.25, -0.2) is 17.5 Å². The van der Waals surface area contributed by atoms with Gasteiger partial charge < -0.3 is 4.74 Å². The lowest BCUT2D eigenvalue weighted by Gasteiger charge is -2.34. The van der Waals surface area contributed by atoms with Crippen LogP contribution >= 0.6 is 22.9 Å². The van der Waals surface area contributed by atoms with Gasteiger partial charge in [0.1, 0.15) is 10.0 Å². The van der Waals surface area contributed by atoms with E-state index in [9.17, 15) is 12.8 Å². The lowest BCUT2D eigenvalue weighted by atomic mass is 10.0. The van der Waals surface area contributed by atoms with E-state index in [2.05, 4.69) is 9.62 Å². The van der Waals surface area contributed by atoms with Gasteiger partial charge in [0.25, 0.3) is 0 Å². The third kappa shape index (κ3) is 4.78. The maximum atomic E-state index is 13.2. The zero-order valence-electron chi connectivity index (χ0n) is 13.3. The molecule has 1 aliphatic heterocycles. The van der Waals surface area contributed by atoms with Crippen molar-refractivity contribution < 1.29 is 17.5 Å². The summed E-state index contributed by atoms with van der Waals surface area (Å²) in [5.74, 6) is -0.321. The SMILES string of the molecule is O=S(=O)(NCC(c1ccc(F)cc1)N1CCOCC1)c1ccc(Cl)s1. The second-order valence-electron chi connectivity index (χ2n) is 5.63. The van der Waals surface area contributed by atoms with Crippen LogP contribution in [-0.2, 0) is 14.8 Å². The summed E-state index contributed by atoms with van der Waals surface area (Å²) in [6.07, 6.45) is 0. The first-order chi connectivity index (χ1) is 12.0. The van der Waals surface area contributed by atoms with Gasteiger partial charge in [0.2, 0.25) is 10.0 Å². The van der Waals surface area contributed by atoms with Crippen LogP contribution in [-0.4, -0.2) is 46.2 Å². The molecule has 0 radical (unpaired) electrons. The lowest BCUT2D eigenvalue weighted by Crippen LogP contribution is -2.43. The Hall–Kier alpha value is -1.03. The molecular formula is C16H18ClFN2O3S2. The Morgan fingerprint density at radius 3 is 2.48 bits per heavy atom. The Balaban J connectivity index is 1.78. The van der Waals surface area contributed by atoms with E-state index in [0.29, 0.717) is 30.6 Å². The zero-order chi connectivity index (χ0) is 17.9. The fraction of sp³-hybridized carbons (Fsp3) is 0.375. The van der Waals surface area contributed by atoms with Crippen molar-refractivity contribution in [1.29, 1.82) is 0 Å². The normalized spacial score (nSPS) is 17.5. The number of hydrogen-bond acceptors (Lipinski definition) is 5. The van der Waals surface area contributed by atoms with Crippen molar-refractivity contribution in [2.45, 2.75) is 10.3 Å². The lowest BCUT2D eigenvalue weighted by molar-refractivity contribution is 0.0172. The highest BCUT2D eigenvalue weighted by molar-refractivity contribution is 7.91. The molecule has 0 spiro atoms. The third-order valence-corrected chi connectivity index (χ3v) is 7.17. The molecule has 9 heteroatoms. The molecule has 1 N–H and O–H groups in total. The van der Waals surface area contributed by atoms with Crippen LogP contribution in [0.1, 0.15) is 11.6 Å². The van der Waals surface area contributed by atoms with Crippen LogP contribution in [0.25, 0.3) is 0 Å². The molecule has 5 nitrogen and oxygen atoms in total. The molecule has 1 unspecified atom stereocenters. The minimum absolute atomic E-state index is 0.178. The maximum Gasteiger partial charge on any atom is 0.250 e. The number of nitrogens with one attached hydrogen (secondary N) is 1. The highest BCUT2D eigenvalue weighted by Gasteiger charge is 2.25. The Kier molecular flexibility index (Phi) is 6.08. The number of nitrogens with zero attached hydrogens (tertiary/aromatic N) is 1. The second-order valence-corrected chi connectivity index (χ2v) is 9.34. The molecule has 1 fully saturated rings. The average molecular weight is 405 g/mol. The monoisotopic (exact) mass is 404 g/mol. The van der Waals surface area contributed by atoms with Crippen molar-refractivity contribution in [1.82, 2.24) is 9.62 Å². The van der Waals surface area contributed by atoms with E-state index in [1.165, 1.54) is 18.2 Å². The first-order valence-electron chi connectivity index (χ1n) is 7.78. The van der Waals surface area contributed by atoms with Gasteiger partial charge in [0.15, 0.2) is 0 Å². The van der Waals surface area contributed by atoms with Gasteiger partial charge in [0.05, 0.1) is 17.6 Å². The van der Waals surface area contributed by atoms with E-state index < -0.39 is 10.0 Å². The summed E-state index contributed by atoms with van der Waals surface area (Å²) in [5.41, 5.74) is 0.857. The molecule has 2 aromatic rings. The fourth-order valence-corrected chi connectivity index (χ4v) is 5.30. The Labute approximate surface area is 155 Å². The van der Waals surface area contributed by atoms with Gasteiger partial charge in [-0.1, -0.05) is 23.7 Å². The molecule has 1 aromatic carbocycles. The summed E-state index contributed by atoms with van der Waals surface area (Å²) in [6, 6.07) is 8.98. The summed E-state index contributed by atoms with van der Waals surface area (Å²) in [7, 11) is -3.64. The van der Waals surface area contributed by atoms with Crippen molar-refractivity contribution in [3.63, 3.8) is 0 Å². The zero-order valence-corrected chi connectivity index (χ0v) is 15.7. The summed E-state index contributed by atoms with van der Waals surface area (Å²) in [6.45, 7) is 2.74. The third-order valence-electron chi connectivity index (χ3n) is 4.02. The van der Waals surface area contributed by atoms with Crippen LogP contribution in [0.4, 0.5) is 4.39 Å². The number of rotatable bonds is 6. The number of thiophene rings is 1.